The molecule has 0 aliphatic carbocycles. The van der Waals surface area contributed by atoms with Gasteiger partial charge in [-0.3, -0.25) is 9.69 Å². The van der Waals surface area contributed by atoms with E-state index in [-0.39, 0.29) is 5.82 Å². The molecule has 2 rings (SSSR count). The molecule has 0 saturated carbocycles. The molecule has 0 spiro atoms. The standard InChI is InChI=1S/C16H18FN3O/c1-20(9-11-3-2-4-14(18)7-11)10-13-8-12(16(19)21)5-6-15(13)17/h2-8H,9-10,18H2,1H3,(H2,19,21). The smallest absolute Gasteiger partial charge is 0.248 e. The summed E-state index contributed by atoms with van der Waals surface area (Å²) in [6.45, 7) is 1.01. The zero-order valence-electron chi connectivity index (χ0n) is 11.8. The number of carbonyl (C=O) groups is 1. The Kier molecular flexibility index (Phi) is 4.55. The lowest BCUT2D eigenvalue weighted by Crippen LogP contribution is -2.19. The average Bonchev–Trinajstić information content (AvgIpc) is 2.41. The van der Waals surface area contributed by atoms with Crippen LogP contribution in [0.15, 0.2) is 42.5 Å². The van der Waals surface area contributed by atoms with Crippen LogP contribution in [-0.2, 0) is 13.1 Å². The number of nitrogen functional groups attached to an aromatic ring is 1. The molecule has 110 valence electrons. The number of anilines is 1. The molecule has 1 amide bonds. The lowest BCUT2D eigenvalue weighted by molar-refractivity contribution is 0.1000. The zero-order valence-corrected chi connectivity index (χ0v) is 11.8. The first-order chi connectivity index (χ1) is 9.95. The fraction of sp³-hybridized carbons (Fsp3) is 0.188. The number of rotatable bonds is 5. The topological polar surface area (TPSA) is 72.3 Å². The molecule has 0 heterocycles. The predicted molar refractivity (Wildman–Crippen MR) is 80.9 cm³/mol. The van der Waals surface area contributed by atoms with Crippen LogP contribution in [0.1, 0.15) is 21.5 Å². The van der Waals surface area contributed by atoms with Gasteiger partial charge in [0.15, 0.2) is 0 Å². The van der Waals surface area contributed by atoms with Gasteiger partial charge in [-0.15, -0.1) is 0 Å². The van der Waals surface area contributed by atoms with E-state index in [4.69, 9.17) is 11.5 Å². The van der Waals surface area contributed by atoms with Gasteiger partial charge in [-0.2, -0.15) is 0 Å². The molecule has 0 radical (unpaired) electrons. The first kappa shape index (κ1) is 15.0. The lowest BCUT2D eigenvalue weighted by atomic mass is 10.1. The van der Waals surface area contributed by atoms with Crippen LogP contribution in [0, 0.1) is 5.82 Å². The Balaban J connectivity index is 2.10. The van der Waals surface area contributed by atoms with Crippen molar-refractivity contribution in [1.29, 1.82) is 0 Å². The molecule has 0 atom stereocenters. The zero-order chi connectivity index (χ0) is 15.4. The minimum atomic E-state index is -0.560. The van der Waals surface area contributed by atoms with Crippen LogP contribution in [0.4, 0.5) is 10.1 Å². The van der Waals surface area contributed by atoms with E-state index >= 15 is 0 Å². The van der Waals surface area contributed by atoms with Crippen LogP contribution < -0.4 is 11.5 Å². The monoisotopic (exact) mass is 287 g/mol. The van der Waals surface area contributed by atoms with Crippen LogP contribution in [0.3, 0.4) is 0 Å². The van der Waals surface area contributed by atoms with E-state index in [9.17, 15) is 9.18 Å². The second-order valence-electron chi connectivity index (χ2n) is 5.09. The number of hydrogen-bond donors (Lipinski definition) is 2. The van der Waals surface area contributed by atoms with Crippen molar-refractivity contribution in [3.05, 3.63) is 65.0 Å². The highest BCUT2D eigenvalue weighted by molar-refractivity contribution is 5.92. The normalized spacial score (nSPS) is 10.8. The molecule has 0 unspecified atom stereocenters. The maximum atomic E-state index is 13.8. The first-order valence-corrected chi connectivity index (χ1v) is 6.57. The van der Waals surface area contributed by atoms with Crippen LogP contribution in [-0.4, -0.2) is 17.9 Å². The molecule has 0 aliphatic rings. The van der Waals surface area contributed by atoms with Crippen LogP contribution in [0.5, 0.6) is 0 Å². The van der Waals surface area contributed by atoms with Gasteiger partial charge in [0, 0.05) is 29.9 Å². The largest absolute Gasteiger partial charge is 0.399 e. The van der Waals surface area contributed by atoms with E-state index in [0.29, 0.717) is 29.9 Å². The van der Waals surface area contributed by atoms with E-state index in [2.05, 4.69) is 0 Å². The van der Waals surface area contributed by atoms with E-state index in [1.807, 2.05) is 36.2 Å². The molecule has 0 aliphatic heterocycles. The summed E-state index contributed by atoms with van der Waals surface area (Å²) < 4.78 is 13.8. The second kappa shape index (κ2) is 6.37. The molecule has 0 aromatic heterocycles. The Hall–Kier alpha value is -2.40. The quantitative estimate of drug-likeness (QED) is 0.828. The van der Waals surface area contributed by atoms with Crippen molar-refractivity contribution in [3.8, 4) is 0 Å². The number of primary amides is 1. The molecule has 5 heteroatoms. The third-order valence-corrected chi connectivity index (χ3v) is 3.17. The van der Waals surface area contributed by atoms with Gasteiger partial charge < -0.3 is 11.5 Å². The van der Waals surface area contributed by atoms with Crippen molar-refractivity contribution in [2.75, 3.05) is 12.8 Å². The summed E-state index contributed by atoms with van der Waals surface area (Å²) in [5, 5.41) is 0. The van der Waals surface area contributed by atoms with Gasteiger partial charge >= 0.3 is 0 Å². The predicted octanol–water partition coefficient (Wildman–Crippen LogP) is 2.14. The number of hydrogen-bond acceptors (Lipinski definition) is 3. The van der Waals surface area contributed by atoms with E-state index in [0.717, 1.165) is 5.56 Å². The minimum Gasteiger partial charge on any atom is -0.399 e. The Morgan fingerprint density at radius 1 is 1.19 bits per heavy atom. The Bertz CT molecular complexity index is 658. The van der Waals surface area contributed by atoms with Crippen molar-refractivity contribution in [2.24, 2.45) is 5.73 Å². The molecular formula is C16H18FN3O. The minimum absolute atomic E-state index is 0.309. The number of amides is 1. The first-order valence-electron chi connectivity index (χ1n) is 6.57. The molecule has 0 saturated heterocycles. The van der Waals surface area contributed by atoms with Gasteiger partial charge in [0.05, 0.1) is 0 Å². The van der Waals surface area contributed by atoms with Gasteiger partial charge in [0.2, 0.25) is 5.91 Å². The van der Waals surface area contributed by atoms with E-state index in [1.165, 1.54) is 18.2 Å². The van der Waals surface area contributed by atoms with Crippen molar-refractivity contribution in [2.45, 2.75) is 13.1 Å². The fourth-order valence-corrected chi connectivity index (χ4v) is 2.20. The number of nitrogens with zero attached hydrogens (tertiary/aromatic N) is 1. The molecule has 0 fully saturated rings. The molecular weight excluding hydrogens is 269 g/mol. The summed E-state index contributed by atoms with van der Waals surface area (Å²) in [5.41, 5.74) is 13.4. The van der Waals surface area contributed by atoms with Gasteiger partial charge in [-0.1, -0.05) is 12.1 Å². The van der Waals surface area contributed by atoms with Crippen molar-refractivity contribution in [3.63, 3.8) is 0 Å². The van der Waals surface area contributed by atoms with Crippen LogP contribution in [0.2, 0.25) is 0 Å². The van der Waals surface area contributed by atoms with Crippen LogP contribution in [0.25, 0.3) is 0 Å². The van der Waals surface area contributed by atoms with E-state index in [1.54, 1.807) is 0 Å². The molecule has 2 aromatic carbocycles. The summed E-state index contributed by atoms with van der Waals surface area (Å²) >= 11 is 0. The maximum Gasteiger partial charge on any atom is 0.248 e. The molecule has 21 heavy (non-hydrogen) atoms. The third kappa shape index (κ3) is 4.03. The van der Waals surface area contributed by atoms with Crippen LogP contribution >= 0.6 is 0 Å². The lowest BCUT2D eigenvalue weighted by Gasteiger charge is -2.18. The summed E-state index contributed by atoms with van der Waals surface area (Å²) in [6, 6.07) is 11.7. The summed E-state index contributed by atoms with van der Waals surface area (Å²) in [7, 11) is 1.87. The van der Waals surface area contributed by atoms with Gasteiger partial charge in [0.25, 0.3) is 0 Å². The number of benzene rings is 2. The highest BCUT2D eigenvalue weighted by atomic mass is 19.1. The fourth-order valence-electron chi connectivity index (χ4n) is 2.20. The third-order valence-electron chi connectivity index (χ3n) is 3.17. The molecule has 0 bridgehead atoms. The Labute approximate surface area is 123 Å². The van der Waals surface area contributed by atoms with Crippen molar-refractivity contribution >= 4 is 11.6 Å². The summed E-state index contributed by atoms with van der Waals surface area (Å²) in [5.74, 6) is -0.908. The van der Waals surface area contributed by atoms with Gasteiger partial charge in [-0.05, 0) is 42.9 Å². The van der Waals surface area contributed by atoms with Gasteiger partial charge in [-0.25, -0.2) is 4.39 Å². The summed E-state index contributed by atoms with van der Waals surface area (Å²) in [4.78, 5) is 13.1. The number of carbonyl (C=O) groups excluding carboxylic acids is 1. The Morgan fingerprint density at radius 3 is 2.62 bits per heavy atom. The maximum absolute atomic E-state index is 13.8. The van der Waals surface area contributed by atoms with Crippen molar-refractivity contribution in [1.82, 2.24) is 4.90 Å². The molecule has 2 aromatic rings. The number of nitrogens with two attached hydrogens (primary N) is 2. The SMILES string of the molecule is CN(Cc1cccc(N)c1)Cc1cc(C(N)=O)ccc1F. The average molecular weight is 287 g/mol. The Morgan fingerprint density at radius 2 is 1.95 bits per heavy atom. The molecule has 4 nitrogen and oxygen atoms in total. The van der Waals surface area contributed by atoms with Crippen molar-refractivity contribution < 1.29 is 9.18 Å². The highest BCUT2D eigenvalue weighted by Gasteiger charge is 2.10. The molecule has 4 N–H and O–H groups in total. The van der Waals surface area contributed by atoms with Gasteiger partial charge in [0.1, 0.15) is 5.82 Å². The number of halogens is 1. The summed E-state index contributed by atoms with van der Waals surface area (Å²) in [6.07, 6.45) is 0. The highest BCUT2D eigenvalue weighted by Crippen LogP contribution is 2.15. The second-order valence-corrected chi connectivity index (χ2v) is 5.09. The van der Waals surface area contributed by atoms with E-state index < -0.39 is 5.91 Å².